The average Bonchev–Trinajstić information content (AvgIpc) is 3.15. The molecule has 3 aromatic rings. The Bertz CT molecular complexity index is 818. The van der Waals surface area contributed by atoms with Crippen LogP contribution in [0.2, 0.25) is 4.34 Å². The predicted octanol–water partition coefficient (Wildman–Crippen LogP) is 4.50. The largest absolute Gasteiger partial charge is 0.366 e. The molecular weight excluding hydrogens is 328 g/mol. The van der Waals surface area contributed by atoms with Crippen LogP contribution in [0.3, 0.4) is 0 Å². The lowest BCUT2D eigenvalue weighted by molar-refractivity contribution is 0.846. The van der Waals surface area contributed by atoms with Gasteiger partial charge in [0.25, 0.3) is 0 Å². The van der Waals surface area contributed by atoms with E-state index in [9.17, 15) is 0 Å². The van der Waals surface area contributed by atoms with Crippen LogP contribution in [0.15, 0.2) is 48.9 Å². The van der Waals surface area contributed by atoms with Crippen molar-refractivity contribution in [1.29, 1.82) is 0 Å². The summed E-state index contributed by atoms with van der Waals surface area (Å²) in [5.41, 5.74) is 3.71. The minimum atomic E-state index is 0.760. The van der Waals surface area contributed by atoms with Crippen LogP contribution in [-0.4, -0.2) is 16.5 Å². The van der Waals surface area contributed by atoms with E-state index in [0.717, 1.165) is 35.4 Å². The molecule has 0 fully saturated rings. The quantitative estimate of drug-likeness (QED) is 0.758. The fourth-order valence-electron chi connectivity index (χ4n) is 2.85. The maximum Gasteiger partial charge on any atom is 0.148 e. The molecule has 1 aliphatic heterocycles. The first-order valence-corrected chi connectivity index (χ1v) is 8.62. The highest BCUT2D eigenvalue weighted by Gasteiger charge is 2.20. The second-order valence-electron chi connectivity index (χ2n) is 5.44. The number of aromatic nitrogens is 2. The summed E-state index contributed by atoms with van der Waals surface area (Å²) in [6.45, 7) is 1.96. The van der Waals surface area contributed by atoms with Gasteiger partial charge in [0.2, 0.25) is 0 Å². The second-order valence-corrected chi connectivity index (χ2v) is 7.24. The van der Waals surface area contributed by atoms with Crippen molar-refractivity contribution in [2.24, 2.45) is 0 Å². The highest BCUT2D eigenvalue weighted by molar-refractivity contribution is 7.16. The third-order valence-electron chi connectivity index (χ3n) is 3.88. The van der Waals surface area contributed by atoms with Crippen LogP contribution >= 0.6 is 22.9 Å². The van der Waals surface area contributed by atoms with E-state index in [2.05, 4.69) is 44.5 Å². The number of nitrogens with one attached hydrogen (secondary N) is 1. The van der Waals surface area contributed by atoms with Gasteiger partial charge >= 0.3 is 0 Å². The summed E-state index contributed by atoms with van der Waals surface area (Å²) in [4.78, 5) is 12.0. The van der Waals surface area contributed by atoms with Crippen molar-refractivity contribution < 1.29 is 0 Å². The lowest BCUT2D eigenvalue weighted by Crippen LogP contribution is -2.18. The number of thiophene rings is 1. The molecule has 2 aromatic heterocycles. The summed E-state index contributed by atoms with van der Waals surface area (Å²) in [6, 6.07) is 10.5. The Hall–Kier alpha value is -2.11. The number of halogens is 1. The highest BCUT2D eigenvalue weighted by atomic mass is 35.5. The van der Waals surface area contributed by atoms with Crippen LogP contribution in [0.5, 0.6) is 0 Å². The monoisotopic (exact) mass is 342 g/mol. The lowest BCUT2D eigenvalue weighted by Gasteiger charge is -2.18. The molecule has 0 radical (unpaired) electrons. The molecule has 4 rings (SSSR count). The molecule has 0 unspecified atom stereocenters. The summed E-state index contributed by atoms with van der Waals surface area (Å²) in [7, 11) is 0. The molecule has 0 atom stereocenters. The number of hydrogen-bond donors (Lipinski definition) is 1. The Balaban J connectivity index is 1.52. The molecule has 3 heterocycles. The molecule has 23 heavy (non-hydrogen) atoms. The van der Waals surface area contributed by atoms with Gasteiger partial charge in [-0.2, -0.15) is 0 Å². The van der Waals surface area contributed by atoms with Crippen LogP contribution in [0.4, 0.5) is 17.2 Å². The number of benzene rings is 1. The molecule has 4 nitrogen and oxygen atoms in total. The molecule has 6 heteroatoms. The molecule has 0 bridgehead atoms. The Kier molecular flexibility index (Phi) is 3.89. The van der Waals surface area contributed by atoms with E-state index in [1.807, 2.05) is 6.07 Å². The van der Waals surface area contributed by atoms with Crippen molar-refractivity contribution in [3.63, 3.8) is 0 Å². The Morgan fingerprint density at radius 1 is 1.22 bits per heavy atom. The highest BCUT2D eigenvalue weighted by Crippen LogP contribution is 2.33. The van der Waals surface area contributed by atoms with Crippen molar-refractivity contribution in [2.45, 2.75) is 13.0 Å². The Labute approximate surface area is 143 Å². The molecule has 0 amide bonds. The van der Waals surface area contributed by atoms with Gasteiger partial charge in [-0.05, 0) is 42.3 Å². The first-order valence-electron chi connectivity index (χ1n) is 7.43. The van der Waals surface area contributed by atoms with Crippen LogP contribution < -0.4 is 10.2 Å². The summed E-state index contributed by atoms with van der Waals surface area (Å²) in [5.74, 6) is 0.760. The van der Waals surface area contributed by atoms with E-state index < -0.39 is 0 Å². The number of anilines is 3. The molecule has 0 aliphatic carbocycles. The molecule has 1 aliphatic rings. The fraction of sp³-hybridized carbons (Fsp3) is 0.176. The van der Waals surface area contributed by atoms with E-state index in [0.29, 0.717) is 0 Å². The van der Waals surface area contributed by atoms with Gasteiger partial charge in [-0.15, -0.1) is 11.3 Å². The molecule has 1 N–H and O–H groups in total. The molecule has 1 aromatic carbocycles. The average molecular weight is 343 g/mol. The number of nitrogens with zero attached hydrogens (tertiary/aromatic N) is 3. The normalized spacial score (nSPS) is 13.2. The summed E-state index contributed by atoms with van der Waals surface area (Å²) >= 11 is 7.67. The van der Waals surface area contributed by atoms with Crippen LogP contribution in [0.1, 0.15) is 10.4 Å². The van der Waals surface area contributed by atoms with Gasteiger partial charge in [-0.25, -0.2) is 4.98 Å². The maximum absolute atomic E-state index is 6.02. The fourth-order valence-corrected chi connectivity index (χ4v) is 3.95. The summed E-state index contributed by atoms with van der Waals surface area (Å²) in [5, 5.41) is 3.29. The van der Waals surface area contributed by atoms with E-state index in [1.165, 1.54) is 16.1 Å². The lowest BCUT2D eigenvalue weighted by atomic mass is 10.1. The zero-order valence-electron chi connectivity index (χ0n) is 12.4. The summed E-state index contributed by atoms with van der Waals surface area (Å²) in [6.07, 6.45) is 6.14. The van der Waals surface area contributed by atoms with Gasteiger partial charge < -0.3 is 10.2 Å². The van der Waals surface area contributed by atoms with Crippen molar-refractivity contribution in [3.05, 3.63) is 63.7 Å². The first-order chi connectivity index (χ1) is 11.3. The number of hydrogen-bond acceptors (Lipinski definition) is 5. The number of fused-ring (bicyclic) bond motifs is 1. The molecule has 0 spiro atoms. The van der Waals surface area contributed by atoms with Crippen LogP contribution in [0.25, 0.3) is 0 Å². The third-order valence-corrected chi connectivity index (χ3v) is 5.10. The number of rotatable bonds is 4. The second kappa shape index (κ2) is 6.18. The maximum atomic E-state index is 6.02. The SMILES string of the molecule is Clc1ccc(CN2CCc3cc(Nc4cnccn4)ccc32)s1. The van der Waals surface area contributed by atoms with Crippen molar-refractivity contribution >= 4 is 40.1 Å². The molecular formula is C17H15ClN4S. The van der Waals surface area contributed by atoms with Gasteiger partial charge in [0.15, 0.2) is 0 Å². The zero-order valence-corrected chi connectivity index (χ0v) is 13.9. The van der Waals surface area contributed by atoms with E-state index >= 15 is 0 Å². The third kappa shape index (κ3) is 3.16. The smallest absolute Gasteiger partial charge is 0.148 e. The Morgan fingerprint density at radius 3 is 2.96 bits per heavy atom. The minimum absolute atomic E-state index is 0.760. The van der Waals surface area contributed by atoms with Crippen molar-refractivity contribution in [2.75, 3.05) is 16.8 Å². The van der Waals surface area contributed by atoms with E-state index in [4.69, 9.17) is 11.6 Å². The minimum Gasteiger partial charge on any atom is -0.366 e. The van der Waals surface area contributed by atoms with Gasteiger partial charge in [-0.1, -0.05) is 11.6 Å². The van der Waals surface area contributed by atoms with E-state index in [-0.39, 0.29) is 0 Å². The van der Waals surface area contributed by atoms with Gasteiger partial charge in [-0.3, -0.25) is 4.98 Å². The molecule has 0 saturated heterocycles. The molecule has 0 saturated carbocycles. The van der Waals surface area contributed by atoms with Crippen molar-refractivity contribution in [1.82, 2.24) is 9.97 Å². The Morgan fingerprint density at radius 2 is 2.17 bits per heavy atom. The van der Waals surface area contributed by atoms with Crippen LogP contribution in [0, 0.1) is 0 Å². The topological polar surface area (TPSA) is 41.0 Å². The zero-order chi connectivity index (χ0) is 15.6. The molecule has 116 valence electrons. The van der Waals surface area contributed by atoms with Crippen LogP contribution in [-0.2, 0) is 13.0 Å². The van der Waals surface area contributed by atoms with Gasteiger partial charge in [0, 0.05) is 35.2 Å². The first kappa shape index (κ1) is 14.5. The standard InChI is InChI=1S/C17H15ClN4S/c18-16-4-2-14(23-16)11-22-8-5-12-9-13(1-3-15(12)22)21-17-10-19-6-7-20-17/h1-4,6-7,9-10H,5,8,11H2,(H,20,21). The van der Waals surface area contributed by atoms with E-state index in [1.54, 1.807) is 29.9 Å². The van der Waals surface area contributed by atoms with Gasteiger partial charge in [0.1, 0.15) is 5.82 Å². The van der Waals surface area contributed by atoms with Crippen molar-refractivity contribution in [3.8, 4) is 0 Å². The predicted molar refractivity (Wildman–Crippen MR) is 95.8 cm³/mol. The van der Waals surface area contributed by atoms with Gasteiger partial charge in [0.05, 0.1) is 17.1 Å². The summed E-state index contributed by atoms with van der Waals surface area (Å²) < 4.78 is 0.850.